The number of benzene rings is 2. The molecular weight excluding hydrogens is 360 g/mol. The van der Waals surface area contributed by atoms with Crippen LogP contribution in [0.1, 0.15) is 49.1 Å². The molecule has 2 aromatic carbocycles. The standard InChI is InChI=1S/C25H30N2O2/c28-25(26-24-14-8-7-13-23(24)21-11-5-2-6-12-21)29-22-15-17-27(18-16-22)19-20-9-3-1-4-10-20/h1,3-5,7-11,13-14,21-22H,2,6,12,15-19H2,(H,26,28). The number of nitrogens with one attached hydrogen (secondary N) is 1. The van der Waals surface area contributed by atoms with Gasteiger partial charge in [-0.05, 0) is 49.3 Å². The Kier molecular flexibility index (Phi) is 6.63. The lowest BCUT2D eigenvalue weighted by atomic mass is 9.88. The summed E-state index contributed by atoms with van der Waals surface area (Å²) in [6, 6.07) is 18.6. The highest BCUT2D eigenvalue weighted by atomic mass is 16.6. The van der Waals surface area contributed by atoms with E-state index < -0.39 is 0 Å². The van der Waals surface area contributed by atoms with E-state index in [-0.39, 0.29) is 12.2 Å². The third kappa shape index (κ3) is 5.48. The van der Waals surface area contributed by atoms with Crippen LogP contribution in [0.3, 0.4) is 0 Å². The van der Waals surface area contributed by atoms with Crippen molar-refractivity contribution in [1.82, 2.24) is 4.90 Å². The first kappa shape index (κ1) is 19.7. The largest absolute Gasteiger partial charge is 0.446 e. The van der Waals surface area contributed by atoms with Crippen LogP contribution in [0, 0.1) is 0 Å². The van der Waals surface area contributed by atoms with Crippen molar-refractivity contribution in [3.05, 3.63) is 77.9 Å². The lowest BCUT2D eigenvalue weighted by Gasteiger charge is -2.31. The summed E-state index contributed by atoms with van der Waals surface area (Å²) < 4.78 is 5.74. The molecule has 1 saturated heterocycles. The molecule has 1 fully saturated rings. The number of allylic oxidation sites excluding steroid dienone is 2. The monoisotopic (exact) mass is 390 g/mol. The van der Waals surface area contributed by atoms with Gasteiger partial charge in [0.1, 0.15) is 6.10 Å². The Balaban J connectivity index is 1.28. The summed E-state index contributed by atoms with van der Waals surface area (Å²) in [4.78, 5) is 15.0. The predicted octanol–water partition coefficient (Wildman–Crippen LogP) is 5.72. The van der Waals surface area contributed by atoms with E-state index in [0.717, 1.165) is 51.0 Å². The van der Waals surface area contributed by atoms with Gasteiger partial charge in [0.2, 0.25) is 0 Å². The van der Waals surface area contributed by atoms with Gasteiger partial charge in [0.05, 0.1) is 0 Å². The molecule has 1 aliphatic carbocycles. The summed E-state index contributed by atoms with van der Waals surface area (Å²) in [7, 11) is 0. The van der Waals surface area contributed by atoms with E-state index >= 15 is 0 Å². The number of carbonyl (C=O) groups excluding carboxylic acids is 1. The van der Waals surface area contributed by atoms with E-state index in [2.05, 4.69) is 52.7 Å². The zero-order valence-electron chi connectivity index (χ0n) is 16.9. The second-order valence-electron chi connectivity index (χ2n) is 8.04. The maximum atomic E-state index is 12.5. The number of hydrogen-bond donors (Lipinski definition) is 1. The Labute approximate surface area is 173 Å². The number of para-hydroxylation sites is 1. The molecule has 4 rings (SSSR count). The fourth-order valence-electron chi connectivity index (χ4n) is 4.32. The number of ether oxygens (including phenoxy) is 1. The Bertz CT molecular complexity index is 826. The zero-order chi connectivity index (χ0) is 19.9. The Hall–Kier alpha value is -2.59. The molecule has 0 radical (unpaired) electrons. The third-order valence-electron chi connectivity index (χ3n) is 5.91. The lowest BCUT2D eigenvalue weighted by Crippen LogP contribution is -2.38. The van der Waals surface area contributed by atoms with Crippen molar-refractivity contribution < 1.29 is 9.53 Å². The predicted molar refractivity (Wildman–Crippen MR) is 117 cm³/mol. The van der Waals surface area contributed by atoms with Gasteiger partial charge in [-0.2, -0.15) is 0 Å². The minimum Gasteiger partial charge on any atom is -0.446 e. The first-order valence-electron chi connectivity index (χ1n) is 10.8. The molecule has 4 nitrogen and oxygen atoms in total. The van der Waals surface area contributed by atoms with Crippen LogP contribution in [-0.2, 0) is 11.3 Å². The molecule has 0 saturated carbocycles. The minimum absolute atomic E-state index is 0.0104. The molecule has 2 aliphatic rings. The Morgan fingerprint density at radius 3 is 2.52 bits per heavy atom. The summed E-state index contributed by atoms with van der Waals surface area (Å²) >= 11 is 0. The molecular formula is C25H30N2O2. The fraction of sp³-hybridized carbons (Fsp3) is 0.400. The molecule has 4 heteroatoms. The SMILES string of the molecule is O=C(Nc1ccccc1C1C=CCCC1)OC1CCN(Cc2ccccc2)CC1. The van der Waals surface area contributed by atoms with Crippen molar-refractivity contribution in [1.29, 1.82) is 0 Å². The molecule has 2 aromatic rings. The first-order chi connectivity index (χ1) is 14.3. The normalized spacial score (nSPS) is 20.3. The topological polar surface area (TPSA) is 41.6 Å². The van der Waals surface area contributed by atoms with Crippen molar-refractivity contribution in [3.8, 4) is 0 Å². The number of rotatable bonds is 5. The first-order valence-corrected chi connectivity index (χ1v) is 10.8. The van der Waals surface area contributed by atoms with Gasteiger partial charge in [0.25, 0.3) is 0 Å². The molecule has 0 aromatic heterocycles. The molecule has 1 heterocycles. The van der Waals surface area contributed by atoms with E-state index in [1.807, 2.05) is 24.3 Å². The Morgan fingerprint density at radius 2 is 1.76 bits per heavy atom. The van der Waals surface area contributed by atoms with Gasteiger partial charge in [0, 0.05) is 31.2 Å². The molecule has 1 unspecified atom stereocenters. The van der Waals surface area contributed by atoms with Crippen molar-refractivity contribution >= 4 is 11.8 Å². The van der Waals surface area contributed by atoms with Gasteiger partial charge in [-0.15, -0.1) is 0 Å². The van der Waals surface area contributed by atoms with E-state index in [0.29, 0.717) is 5.92 Å². The van der Waals surface area contributed by atoms with Crippen LogP contribution < -0.4 is 5.32 Å². The summed E-state index contributed by atoms with van der Waals surface area (Å²) in [6.07, 6.45) is 9.40. The second-order valence-corrected chi connectivity index (χ2v) is 8.04. The van der Waals surface area contributed by atoms with Gasteiger partial charge >= 0.3 is 6.09 Å². The van der Waals surface area contributed by atoms with Gasteiger partial charge in [0.15, 0.2) is 0 Å². The number of nitrogens with zero attached hydrogens (tertiary/aromatic N) is 1. The average Bonchev–Trinajstić information content (AvgIpc) is 2.77. The highest BCUT2D eigenvalue weighted by molar-refractivity contribution is 5.86. The van der Waals surface area contributed by atoms with Gasteiger partial charge < -0.3 is 4.74 Å². The fourth-order valence-corrected chi connectivity index (χ4v) is 4.32. The molecule has 0 bridgehead atoms. The summed E-state index contributed by atoms with van der Waals surface area (Å²) in [5, 5.41) is 3.00. The summed E-state index contributed by atoms with van der Waals surface area (Å²) in [5.74, 6) is 0.376. The number of anilines is 1. The van der Waals surface area contributed by atoms with Gasteiger partial charge in [-0.3, -0.25) is 10.2 Å². The maximum Gasteiger partial charge on any atom is 0.411 e. The minimum atomic E-state index is -0.334. The number of likely N-dealkylation sites (tertiary alicyclic amines) is 1. The van der Waals surface area contributed by atoms with Gasteiger partial charge in [-0.1, -0.05) is 60.7 Å². The molecule has 152 valence electrons. The number of amides is 1. The van der Waals surface area contributed by atoms with E-state index in [1.54, 1.807) is 0 Å². The van der Waals surface area contributed by atoms with Gasteiger partial charge in [-0.25, -0.2) is 4.79 Å². The molecule has 1 atom stereocenters. The Morgan fingerprint density at radius 1 is 1.00 bits per heavy atom. The molecule has 0 spiro atoms. The van der Waals surface area contributed by atoms with Crippen LogP contribution in [0.25, 0.3) is 0 Å². The van der Waals surface area contributed by atoms with Crippen LogP contribution in [0.2, 0.25) is 0 Å². The number of carbonyl (C=O) groups is 1. The summed E-state index contributed by atoms with van der Waals surface area (Å²) in [5.41, 5.74) is 3.38. The molecule has 1 N–H and O–H groups in total. The highest BCUT2D eigenvalue weighted by Crippen LogP contribution is 2.32. The lowest BCUT2D eigenvalue weighted by molar-refractivity contribution is 0.0567. The average molecular weight is 391 g/mol. The van der Waals surface area contributed by atoms with Crippen LogP contribution in [-0.4, -0.2) is 30.2 Å². The molecule has 29 heavy (non-hydrogen) atoms. The number of hydrogen-bond acceptors (Lipinski definition) is 3. The molecule has 1 aliphatic heterocycles. The van der Waals surface area contributed by atoms with Crippen molar-refractivity contribution in [2.24, 2.45) is 0 Å². The molecule has 1 amide bonds. The zero-order valence-corrected chi connectivity index (χ0v) is 16.9. The van der Waals surface area contributed by atoms with E-state index in [9.17, 15) is 4.79 Å². The van der Waals surface area contributed by atoms with Crippen molar-refractivity contribution in [3.63, 3.8) is 0 Å². The highest BCUT2D eigenvalue weighted by Gasteiger charge is 2.23. The van der Waals surface area contributed by atoms with Crippen molar-refractivity contribution in [2.45, 2.75) is 50.7 Å². The second kappa shape index (κ2) is 9.75. The third-order valence-corrected chi connectivity index (χ3v) is 5.91. The van der Waals surface area contributed by atoms with E-state index in [1.165, 1.54) is 17.5 Å². The number of piperidine rings is 1. The van der Waals surface area contributed by atoms with Crippen molar-refractivity contribution in [2.75, 3.05) is 18.4 Å². The summed E-state index contributed by atoms with van der Waals surface area (Å²) in [6.45, 7) is 2.87. The van der Waals surface area contributed by atoms with Crippen LogP contribution >= 0.6 is 0 Å². The maximum absolute atomic E-state index is 12.5. The quantitative estimate of drug-likeness (QED) is 0.664. The van der Waals surface area contributed by atoms with Crippen LogP contribution in [0.4, 0.5) is 10.5 Å². The van der Waals surface area contributed by atoms with E-state index in [4.69, 9.17) is 4.74 Å². The smallest absolute Gasteiger partial charge is 0.411 e. The van der Waals surface area contributed by atoms with Crippen LogP contribution in [0.15, 0.2) is 66.7 Å². The van der Waals surface area contributed by atoms with Crippen LogP contribution in [0.5, 0.6) is 0 Å².